The molecule has 4 nitrogen and oxygen atoms in total. The van der Waals surface area contributed by atoms with Crippen molar-refractivity contribution in [2.45, 2.75) is 31.8 Å². The molecule has 0 bridgehead atoms. The minimum atomic E-state index is -0.782. The maximum atomic E-state index is 11.1. The first kappa shape index (κ1) is 17.0. The molecule has 1 unspecified atom stereocenters. The number of ether oxygens (including phenoxy) is 1. The molecule has 0 saturated carbocycles. The largest absolute Gasteiger partial charge is 0.496 e. The highest BCUT2D eigenvalue weighted by Gasteiger charge is 2.14. The molecule has 0 radical (unpaired) electrons. The fourth-order valence-corrected chi connectivity index (χ4v) is 2.58. The summed E-state index contributed by atoms with van der Waals surface area (Å²) in [5.74, 6) is 0.0697. The number of benzene rings is 2. The molecule has 0 aliphatic heterocycles. The maximum absolute atomic E-state index is 11.1. The van der Waals surface area contributed by atoms with E-state index >= 15 is 0 Å². The van der Waals surface area contributed by atoms with E-state index in [9.17, 15) is 4.79 Å². The number of nitrogens with one attached hydrogen (secondary N) is 1. The normalized spacial score (nSPS) is 11.9. The van der Waals surface area contributed by atoms with Gasteiger partial charge in [-0.15, -0.1) is 0 Å². The Morgan fingerprint density at radius 3 is 2.52 bits per heavy atom. The summed E-state index contributed by atoms with van der Waals surface area (Å²) in [5, 5.41) is 12.5. The Morgan fingerprint density at radius 2 is 1.83 bits per heavy atom. The van der Waals surface area contributed by atoms with E-state index in [4.69, 9.17) is 9.84 Å². The first-order valence-electron chi connectivity index (χ1n) is 7.80. The Morgan fingerprint density at radius 1 is 1.13 bits per heavy atom. The molecule has 23 heavy (non-hydrogen) atoms. The van der Waals surface area contributed by atoms with Gasteiger partial charge in [-0.25, -0.2) is 0 Å². The Hall–Kier alpha value is -2.33. The number of aryl methyl sites for hydroxylation is 1. The van der Waals surface area contributed by atoms with Gasteiger partial charge in [0.1, 0.15) is 5.75 Å². The minimum absolute atomic E-state index is 0.0716. The molecule has 2 aromatic rings. The molecule has 0 spiro atoms. The predicted molar refractivity (Wildman–Crippen MR) is 90.6 cm³/mol. The van der Waals surface area contributed by atoms with Crippen molar-refractivity contribution in [3.63, 3.8) is 0 Å². The van der Waals surface area contributed by atoms with Crippen LogP contribution in [0.25, 0.3) is 0 Å². The molecule has 122 valence electrons. The lowest BCUT2D eigenvalue weighted by molar-refractivity contribution is -0.137. The predicted octanol–water partition coefficient (Wildman–Crippen LogP) is 3.26. The van der Waals surface area contributed by atoms with E-state index in [1.807, 2.05) is 54.6 Å². The quantitative estimate of drug-likeness (QED) is 0.746. The van der Waals surface area contributed by atoms with E-state index in [0.717, 1.165) is 29.7 Å². The molecular formula is C19H23NO3. The summed E-state index contributed by atoms with van der Waals surface area (Å²) in [6.45, 7) is 0.671. The third kappa shape index (κ3) is 5.75. The lowest BCUT2D eigenvalue weighted by atomic mass is 10.0. The molecule has 0 amide bonds. The number of hydrogen-bond donors (Lipinski definition) is 2. The van der Waals surface area contributed by atoms with Crippen LogP contribution >= 0.6 is 0 Å². The molecular weight excluding hydrogens is 290 g/mol. The zero-order valence-electron chi connectivity index (χ0n) is 13.4. The summed E-state index contributed by atoms with van der Waals surface area (Å²) in [7, 11) is 1.65. The molecule has 0 aliphatic rings. The summed E-state index contributed by atoms with van der Waals surface area (Å²) < 4.78 is 5.35. The molecule has 0 aliphatic carbocycles. The third-order valence-corrected chi connectivity index (χ3v) is 3.81. The van der Waals surface area contributed by atoms with Gasteiger partial charge in [-0.3, -0.25) is 4.79 Å². The molecule has 4 heteroatoms. The molecule has 2 N–H and O–H groups in total. The topological polar surface area (TPSA) is 58.6 Å². The molecule has 0 heterocycles. The van der Waals surface area contributed by atoms with Gasteiger partial charge >= 0.3 is 5.97 Å². The van der Waals surface area contributed by atoms with Crippen molar-refractivity contribution in [3.05, 3.63) is 65.7 Å². The van der Waals surface area contributed by atoms with Gasteiger partial charge in [0.15, 0.2) is 0 Å². The van der Waals surface area contributed by atoms with Crippen molar-refractivity contribution in [1.29, 1.82) is 0 Å². The van der Waals surface area contributed by atoms with Crippen LogP contribution in [0.15, 0.2) is 54.6 Å². The molecule has 0 aromatic heterocycles. The zero-order valence-corrected chi connectivity index (χ0v) is 13.4. The number of rotatable bonds is 9. The second-order valence-corrected chi connectivity index (χ2v) is 5.51. The smallest absolute Gasteiger partial charge is 0.304 e. The minimum Gasteiger partial charge on any atom is -0.496 e. The van der Waals surface area contributed by atoms with Crippen molar-refractivity contribution < 1.29 is 14.6 Å². The van der Waals surface area contributed by atoms with E-state index in [-0.39, 0.29) is 12.5 Å². The zero-order chi connectivity index (χ0) is 16.5. The summed E-state index contributed by atoms with van der Waals surface area (Å²) in [6.07, 6.45) is 1.64. The lowest BCUT2D eigenvalue weighted by Crippen LogP contribution is -2.31. The van der Waals surface area contributed by atoms with Crippen molar-refractivity contribution >= 4 is 5.97 Å². The van der Waals surface area contributed by atoms with Crippen LogP contribution in [0.2, 0.25) is 0 Å². The number of aliphatic carboxylic acids is 1. The number of methoxy groups -OCH3 is 1. The summed E-state index contributed by atoms with van der Waals surface area (Å²) in [6, 6.07) is 17.8. The van der Waals surface area contributed by atoms with Gasteiger partial charge in [-0.2, -0.15) is 0 Å². The van der Waals surface area contributed by atoms with Gasteiger partial charge in [0, 0.05) is 12.6 Å². The molecule has 2 aromatic carbocycles. The van der Waals surface area contributed by atoms with Crippen LogP contribution in [0.5, 0.6) is 5.75 Å². The van der Waals surface area contributed by atoms with Gasteiger partial charge < -0.3 is 15.2 Å². The molecule has 0 fully saturated rings. The van der Waals surface area contributed by atoms with Crippen molar-refractivity contribution in [3.8, 4) is 5.75 Å². The monoisotopic (exact) mass is 313 g/mol. The number of carbonyl (C=O) groups is 1. The first-order chi connectivity index (χ1) is 11.2. The summed E-state index contributed by atoms with van der Waals surface area (Å²) in [5.41, 5.74) is 2.26. The average Bonchev–Trinajstić information content (AvgIpc) is 2.58. The van der Waals surface area contributed by atoms with Gasteiger partial charge in [0.25, 0.3) is 0 Å². The Balaban J connectivity index is 1.94. The number of carboxylic acids is 1. The van der Waals surface area contributed by atoms with Crippen LogP contribution in [-0.4, -0.2) is 24.2 Å². The standard InChI is InChI=1S/C19H23NO3/c1-23-18-10-6-5-9-16(18)11-12-17(13-19(21)22)20-14-15-7-3-2-4-8-15/h2-10,17,20H,11-14H2,1H3,(H,21,22). The highest BCUT2D eigenvalue weighted by molar-refractivity contribution is 5.67. The average molecular weight is 313 g/mol. The lowest BCUT2D eigenvalue weighted by Gasteiger charge is -2.18. The van der Waals surface area contributed by atoms with Crippen molar-refractivity contribution in [2.75, 3.05) is 7.11 Å². The van der Waals surface area contributed by atoms with Crippen LogP contribution in [0.3, 0.4) is 0 Å². The maximum Gasteiger partial charge on any atom is 0.304 e. The highest BCUT2D eigenvalue weighted by Crippen LogP contribution is 2.20. The van der Waals surface area contributed by atoms with Crippen LogP contribution in [0, 0.1) is 0 Å². The van der Waals surface area contributed by atoms with Gasteiger partial charge in [0.05, 0.1) is 13.5 Å². The van der Waals surface area contributed by atoms with Crippen LogP contribution in [-0.2, 0) is 17.8 Å². The molecule has 2 rings (SSSR count). The highest BCUT2D eigenvalue weighted by atomic mass is 16.5. The van der Waals surface area contributed by atoms with Gasteiger partial charge in [-0.05, 0) is 30.0 Å². The van der Waals surface area contributed by atoms with Crippen molar-refractivity contribution in [2.24, 2.45) is 0 Å². The Kier molecular flexibility index (Phi) is 6.63. The van der Waals surface area contributed by atoms with E-state index in [1.165, 1.54) is 0 Å². The Bertz CT molecular complexity index is 613. The van der Waals surface area contributed by atoms with E-state index < -0.39 is 5.97 Å². The van der Waals surface area contributed by atoms with Crippen LogP contribution < -0.4 is 10.1 Å². The Labute approximate surface area is 137 Å². The second-order valence-electron chi connectivity index (χ2n) is 5.51. The van der Waals surface area contributed by atoms with Gasteiger partial charge in [0.2, 0.25) is 0 Å². The summed E-state index contributed by atoms with van der Waals surface area (Å²) >= 11 is 0. The number of hydrogen-bond acceptors (Lipinski definition) is 3. The molecule has 0 saturated heterocycles. The number of para-hydroxylation sites is 1. The van der Waals surface area contributed by atoms with E-state index in [2.05, 4.69) is 5.32 Å². The third-order valence-electron chi connectivity index (χ3n) is 3.81. The fraction of sp³-hybridized carbons (Fsp3) is 0.316. The van der Waals surface area contributed by atoms with E-state index in [1.54, 1.807) is 7.11 Å². The summed E-state index contributed by atoms with van der Waals surface area (Å²) in [4.78, 5) is 11.1. The number of carboxylic acid groups (broad SMARTS) is 1. The van der Waals surface area contributed by atoms with Crippen LogP contribution in [0.4, 0.5) is 0 Å². The van der Waals surface area contributed by atoms with Crippen molar-refractivity contribution in [1.82, 2.24) is 5.32 Å². The SMILES string of the molecule is COc1ccccc1CCC(CC(=O)O)NCc1ccccc1. The fourth-order valence-electron chi connectivity index (χ4n) is 2.58. The second kappa shape index (κ2) is 8.96. The van der Waals surface area contributed by atoms with Gasteiger partial charge in [-0.1, -0.05) is 48.5 Å². The molecule has 1 atom stereocenters. The first-order valence-corrected chi connectivity index (χ1v) is 7.80. The van der Waals surface area contributed by atoms with E-state index in [0.29, 0.717) is 6.54 Å². The van der Waals surface area contributed by atoms with Crippen LogP contribution in [0.1, 0.15) is 24.0 Å².